The van der Waals surface area contributed by atoms with Crippen molar-refractivity contribution in [3.05, 3.63) is 28.8 Å². The van der Waals surface area contributed by atoms with E-state index in [0.29, 0.717) is 10.6 Å². The minimum atomic E-state index is 0.501. The number of anilines is 1. The third kappa shape index (κ3) is 3.63. The summed E-state index contributed by atoms with van der Waals surface area (Å²) in [4.78, 5) is 2.08. The Morgan fingerprint density at radius 3 is 2.89 bits per heavy atom. The van der Waals surface area contributed by atoms with E-state index in [4.69, 9.17) is 21.6 Å². The van der Waals surface area contributed by atoms with Crippen LogP contribution in [0, 0.1) is 17.2 Å². The number of halogens is 1. The van der Waals surface area contributed by atoms with E-state index in [2.05, 4.69) is 11.0 Å². The molecule has 0 radical (unpaired) electrons. The van der Waals surface area contributed by atoms with Gasteiger partial charge in [-0.3, -0.25) is 0 Å². The topological polar surface area (TPSA) is 36.3 Å². The Hall–Kier alpha value is -1.24. The molecule has 0 N–H and O–H groups in total. The Kier molecular flexibility index (Phi) is 4.46. The largest absolute Gasteiger partial charge is 0.379 e. The minimum absolute atomic E-state index is 0.501. The van der Waals surface area contributed by atoms with Gasteiger partial charge in [0.25, 0.3) is 0 Å². The fourth-order valence-corrected chi connectivity index (χ4v) is 1.91. The molecule has 1 aliphatic carbocycles. The second kappa shape index (κ2) is 6.08. The standard InChI is InChI=1S/C14H17ClN2O/c1-17(6-7-18-10-11-2-3-11)13-5-4-12(9-16)14(15)8-13/h4-5,8,11H,2-3,6-7,10H2,1H3. The molecule has 0 aromatic heterocycles. The smallest absolute Gasteiger partial charge is 0.101 e. The van der Waals surface area contributed by atoms with Crippen LogP contribution in [0.4, 0.5) is 5.69 Å². The van der Waals surface area contributed by atoms with Crippen molar-refractivity contribution in [3.8, 4) is 6.07 Å². The van der Waals surface area contributed by atoms with Gasteiger partial charge in [0.15, 0.2) is 0 Å². The molecule has 1 aliphatic rings. The molecule has 0 atom stereocenters. The average Bonchev–Trinajstić information content (AvgIpc) is 3.18. The number of hydrogen-bond donors (Lipinski definition) is 0. The predicted molar refractivity (Wildman–Crippen MR) is 73.0 cm³/mol. The second-order valence-electron chi connectivity index (χ2n) is 4.72. The van der Waals surface area contributed by atoms with Gasteiger partial charge in [-0.25, -0.2) is 0 Å². The Labute approximate surface area is 113 Å². The van der Waals surface area contributed by atoms with E-state index in [1.807, 2.05) is 19.2 Å². The Morgan fingerprint density at radius 1 is 1.50 bits per heavy atom. The van der Waals surface area contributed by atoms with Crippen molar-refractivity contribution in [1.82, 2.24) is 0 Å². The Morgan fingerprint density at radius 2 is 2.28 bits per heavy atom. The highest BCUT2D eigenvalue weighted by atomic mass is 35.5. The Balaban J connectivity index is 1.81. The molecule has 1 saturated carbocycles. The lowest BCUT2D eigenvalue weighted by atomic mass is 10.2. The van der Waals surface area contributed by atoms with Gasteiger partial charge in [-0.2, -0.15) is 5.26 Å². The molecule has 3 nitrogen and oxygen atoms in total. The van der Waals surface area contributed by atoms with Crippen LogP contribution in [0.25, 0.3) is 0 Å². The van der Waals surface area contributed by atoms with E-state index in [1.54, 1.807) is 6.07 Å². The number of nitrogens with zero attached hydrogens (tertiary/aromatic N) is 2. The number of ether oxygens (including phenoxy) is 1. The maximum atomic E-state index is 8.81. The maximum Gasteiger partial charge on any atom is 0.101 e. The van der Waals surface area contributed by atoms with Crippen LogP contribution < -0.4 is 4.90 Å². The van der Waals surface area contributed by atoms with Crippen LogP contribution in [0.15, 0.2) is 18.2 Å². The fraction of sp³-hybridized carbons (Fsp3) is 0.500. The molecule has 1 fully saturated rings. The van der Waals surface area contributed by atoms with Gasteiger partial charge in [0.05, 0.1) is 17.2 Å². The van der Waals surface area contributed by atoms with Gasteiger partial charge in [-0.1, -0.05) is 11.6 Å². The summed E-state index contributed by atoms with van der Waals surface area (Å²) >= 11 is 6.00. The summed E-state index contributed by atoms with van der Waals surface area (Å²) in [6, 6.07) is 7.54. The van der Waals surface area contributed by atoms with Crippen molar-refractivity contribution in [1.29, 1.82) is 5.26 Å². The van der Waals surface area contributed by atoms with Crippen LogP contribution in [0.3, 0.4) is 0 Å². The lowest BCUT2D eigenvalue weighted by molar-refractivity contribution is 0.131. The van der Waals surface area contributed by atoms with E-state index >= 15 is 0 Å². The normalized spacial score (nSPS) is 14.3. The first-order chi connectivity index (χ1) is 8.70. The third-order valence-electron chi connectivity index (χ3n) is 3.14. The van der Waals surface area contributed by atoms with Gasteiger partial charge in [-0.15, -0.1) is 0 Å². The van der Waals surface area contributed by atoms with Gasteiger partial charge in [-0.05, 0) is 37.0 Å². The first kappa shape index (κ1) is 13.2. The van der Waals surface area contributed by atoms with Crippen molar-refractivity contribution in [2.75, 3.05) is 31.7 Å². The predicted octanol–water partition coefficient (Wildman–Crippen LogP) is 3.07. The average molecular weight is 265 g/mol. The number of benzene rings is 1. The van der Waals surface area contributed by atoms with Gasteiger partial charge >= 0.3 is 0 Å². The van der Waals surface area contributed by atoms with Gasteiger partial charge in [0.2, 0.25) is 0 Å². The first-order valence-electron chi connectivity index (χ1n) is 6.19. The van der Waals surface area contributed by atoms with E-state index in [0.717, 1.165) is 31.4 Å². The van der Waals surface area contributed by atoms with E-state index < -0.39 is 0 Å². The molecule has 18 heavy (non-hydrogen) atoms. The van der Waals surface area contributed by atoms with Crippen LogP contribution in [0.2, 0.25) is 5.02 Å². The number of nitriles is 1. The van der Waals surface area contributed by atoms with Crippen molar-refractivity contribution < 1.29 is 4.74 Å². The van der Waals surface area contributed by atoms with Crippen molar-refractivity contribution in [3.63, 3.8) is 0 Å². The number of rotatable bonds is 6. The fourth-order valence-electron chi connectivity index (χ4n) is 1.70. The molecule has 2 rings (SSSR count). The Bertz CT molecular complexity index is 452. The van der Waals surface area contributed by atoms with E-state index in [9.17, 15) is 0 Å². The SMILES string of the molecule is CN(CCOCC1CC1)c1ccc(C#N)c(Cl)c1. The van der Waals surface area contributed by atoms with Crippen LogP contribution in [-0.2, 0) is 4.74 Å². The van der Waals surface area contributed by atoms with Crippen LogP contribution >= 0.6 is 11.6 Å². The second-order valence-corrected chi connectivity index (χ2v) is 5.12. The van der Waals surface area contributed by atoms with Crippen molar-refractivity contribution >= 4 is 17.3 Å². The summed E-state index contributed by atoms with van der Waals surface area (Å²) in [5.74, 6) is 0.805. The van der Waals surface area contributed by atoms with Crippen molar-refractivity contribution in [2.24, 2.45) is 5.92 Å². The molecule has 0 bridgehead atoms. The summed E-state index contributed by atoms with van der Waals surface area (Å²) in [6.45, 7) is 2.45. The summed E-state index contributed by atoms with van der Waals surface area (Å²) in [5, 5.41) is 9.31. The van der Waals surface area contributed by atoms with Gasteiger partial charge < -0.3 is 9.64 Å². The highest BCUT2D eigenvalue weighted by molar-refractivity contribution is 6.32. The highest BCUT2D eigenvalue weighted by Crippen LogP contribution is 2.28. The highest BCUT2D eigenvalue weighted by Gasteiger charge is 2.20. The zero-order valence-corrected chi connectivity index (χ0v) is 11.3. The summed E-state index contributed by atoms with van der Waals surface area (Å²) in [6.07, 6.45) is 2.64. The molecular weight excluding hydrogens is 248 g/mol. The minimum Gasteiger partial charge on any atom is -0.379 e. The first-order valence-corrected chi connectivity index (χ1v) is 6.57. The molecule has 0 amide bonds. The molecule has 0 saturated heterocycles. The lowest BCUT2D eigenvalue weighted by Crippen LogP contribution is -2.22. The molecule has 96 valence electrons. The lowest BCUT2D eigenvalue weighted by Gasteiger charge is -2.19. The molecule has 0 spiro atoms. The van der Waals surface area contributed by atoms with E-state index in [-0.39, 0.29) is 0 Å². The molecular formula is C14H17ClN2O. The van der Waals surface area contributed by atoms with Crippen LogP contribution in [0.1, 0.15) is 18.4 Å². The molecule has 4 heteroatoms. The zero-order valence-electron chi connectivity index (χ0n) is 10.5. The summed E-state index contributed by atoms with van der Waals surface area (Å²) < 4.78 is 5.60. The molecule has 0 aliphatic heterocycles. The molecule has 0 heterocycles. The van der Waals surface area contributed by atoms with Crippen LogP contribution in [0.5, 0.6) is 0 Å². The van der Waals surface area contributed by atoms with Crippen LogP contribution in [-0.4, -0.2) is 26.8 Å². The molecule has 1 aromatic rings. The maximum absolute atomic E-state index is 8.81. The van der Waals surface area contributed by atoms with E-state index in [1.165, 1.54) is 12.8 Å². The van der Waals surface area contributed by atoms with Crippen molar-refractivity contribution in [2.45, 2.75) is 12.8 Å². The van der Waals surface area contributed by atoms with Gasteiger partial charge in [0, 0.05) is 25.9 Å². The monoisotopic (exact) mass is 264 g/mol. The molecule has 1 aromatic carbocycles. The summed E-state index contributed by atoms with van der Waals surface area (Å²) in [7, 11) is 2.00. The molecule has 0 unspecified atom stereocenters. The van der Waals surface area contributed by atoms with Gasteiger partial charge in [0.1, 0.15) is 6.07 Å². The number of likely N-dealkylation sites (N-methyl/N-ethyl adjacent to an activating group) is 1. The number of hydrogen-bond acceptors (Lipinski definition) is 3. The zero-order chi connectivity index (χ0) is 13.0. The third-order valence-corrected chi connectivity index (χ3v) is 3.45. The summed E-state index contributed by atoms with van der Waals surface area (Å²) in [5.41, 5.74) is 1.52. The quantitative estimate of drug-likeness (QED) is 0.741.